The number of para-hydroxylation sites is 1. The number of rotatable bonds is 4. The van der Waals surface area contributed by atoms with Crippen LogP contribution < -0.4 is 0 Å². The Kier molecular flexibility index (Phi) is 6.61. The zero-order valence-corrected chi connectivity index (χ0v) is 22.0. The summed E-state index contributed by atoms with van der Waals surface area (Å²) in [5, 5.41) is 0.467. The van der Waals surface area contributed by atoms with Crippen molar-refractivity contribution >= 4 is 16.8 Å². The number of halogens is 6. The summed E-state index contributed by atoms with van der Waals surface area (Å²) in [4.78, 5) is 19.2. The van der Waals surface area contributed by atoms with Crippen molar-refractivity contribution in [3.63, 3.8) is 0 Å². The molecule has 1 aromatic heterocycles. The van der Waals surface area contributed by atoms with Gasteiger partial charge >= 0.3 is 12.5 Å². The molecule has 0 saturated carbocycles. The van der Waals surface area contributed by atoms with Crippen molar-refractivity contribution in [3.05, 3.63) is 83.8 Å². The second-order valence-electron chi connectivity index (χ2n) is 11.0. The van der Waals surface area contributed by atoms with E-state index in [2.05, 4.69) is 4.98 Å². The average molecular weight is 580 g/mol. The van der Waals surface area contributed by atoms with Gasteiger partial charge in [0.2, 0.25) is 0 Å². The lowest BCUT2D eigenvalue weighted by Crippen LogP contribution is -2.79. The largest absolute Gasteiger partial charge is 0.566 e. The topological polar surface area (TPSA) is 48.6 Å². The second-order valence-corrected chi connectivity index (χ2v) is 11.0. The van der Waals surface area contributed by atoms with Gasteiger partial charge in [-0.2, -0.15) is 17.7 Å². The van der Waals surface area contributed by atoms with Crippen LogP contribution in [-0.2, 0) is 11.2 Å². The Bertz CT molecular complexity index is 1460. The fraction of sp³-hybridized carbons (Fsp3) is 0.414. The Hall–Kier alpha value is -3.51. The molecule has 3 aliphatic rings. The van der Waals surface area contributed by atoms with Crippen molar-refractivity contribution in [1.82, 2.24) is 14.8 Å². The van der Waals surface area contributed by atoms with Crippen LogP contribution in [0.4, 0.5) is 26.3 Å². The third kappa shape index (κ3) is 4.47. The van der Waals surface area contributed by atoms with Crippen molar-refractivity contribution in [1.29, 1.82) is 0 Å². The number of H-pyrrole nitrogens is 1. The van der Waals surface area contributed by atoms with Gasteiger partial charge in [-0.3, -0.25) is 4.79 Å². The van der Waals surface area contributed by atoms with E-state index in [1.54, 1.807) is 35.2 Å². The molecule has 1 N–H and O–H groups in total. The molecule has 3 aromatic rings. The zero-order chi connectivity index (χ0) is 29.0. The van der Waals surface area contributed by atoms with Crippen molar-refractivity contribution in [3.8, 4) is 0 Å². The molecule has 2 saturated heterocycles. The fourth-order valence-corrected chi connectivity index (χ4v) is 6.65. The molecule has 6 rings (SSSR count). The number of aromatic amines is 1. The number of morpholine rings is 1. The summed E-state index contributed by atoms with van der Waals surface area (Å²) in [6, 6.07) is 12.8. The van der Waals surface area contributed by atoms with E-state index in [0.29, 0.717) is 47.8 Å². The van der Waals surface area contributed by atoms with E-state index >= 15 is 26.3 Å². The Balaban J connectivity index is 1.53. The molecule has 0 aliphatic carbocycles. The van der Waals surface area contributed by atoms with Crippen LogP contribution in [0.3, 0.4) is 0 Å². The normalized spacial score (nSPS) is 27.2. The first kappa shape index (κ1) is 27.6. The molecular formula is C29H29F6N4O2+. The maximum absolute atomic E-state index is 15.6. The molecule has 0 spiro atoms. The Morgan fingerprint density at radius 1 is 1.00 bits per heavy atom. The number of hydrogen-bond acceptors (Lipinski definition) is 3. The molecule has 3 aliphatic heterocycles. The smallest absolute Gasteiger partial charge is 0.378 e. The minimum Gasteiger partial charge on any atom is -0.378 e. The van der Waals surface area contributed by atoms with Crippen LogP contribution >= 0.6 is 0 Å². The zero-order valence-electron chi connectivity index (χ0n) is 22.0. The second kappa shape index (κ2) is 9.80. The van der Waals surface area contributed by atoms with Gasteiger partial charge in [0.05, 0.1) is 25.5 Å². The van der Waals surface area contributed by atoms with Crippen molar-refractivity contribution in [2.24, 2.45) is 0 Å². The highest BCUT2D eigenvalue weighted by molar-refractivity contribution is 5.95. The highest BCUT2D eigenvalue weighted by Gasteiger charge is 2.75. The van der Waals surface area contributed by atoms with Gasteiger partial charge in [0.15, 0.2) is 5.54 Å². The molecule has 3 atom stereocenters. The molecule has 6 nitrogen and oxygen atoms in total. The summed E-state index contributed by atoms with van der Waals surface area (Å²) in [6.07, 6.45) is -8.78. The van der Waals surface area contributed by atoms with Gasteiger partial charge in [0.1, 0.15) is 18.8 Å². The number of carbonyl (C=O) groups is 1. The average Bonchev–Trinajstić information content (AvgIpc) is 3.54. The van der Waals surface area contributed by atoms with E-state index in [9.17, 15) is 4.79 Å². The van der Waals surface area contributed by atoms with Gasteiger partial charge in [-0.15, -0.1) is 13.2 Å². The molecule has 41 heavy (non-hydrogen) atoms. The monoisotopic (exact) mass is 579 g/mol. The first-order valence-electron chi connectivity index (χ1n) is 13.4. The number of piperazine rings is 1. The maximum atomic E-state index is 15.6. The lowest BCUT2D eigenvalue weighted by molar-refractivity contribution is -1.01. The van der Waals surface area contributed by atoms with E-state index in [1.807, 2.05) is 0 Å². The van der Waals surface area contributed by atoms with Crippen LogP contribution in [0.5, 0.6) is 0 Å². The first-order chi connectivity index (χ1) is 19.5. The first-order valence-corrected chi connectivity index (χ1v) is 13.4. The number of hydrogen-bond donors (Lipinski definition) is 1. The summed E-state index contributed by atoms with van der Waals surface area (Å²) in [6.45, 7) is -0.749. The third-order valence-corrected chi connectivity index (χ3v) is 8.75. The fourth-order valence-electron chi connectivity index (χ4n) is 6.65. The molecule has 0 bridgehead atoms. The van der Waals surface area contributed by atoms with Gasteiger partial charge < -0.3 is 19.5 Å². The Morgan fingerprint density at radius 3 is 2.37 bits per heavy atom. The van der Waals surface area contributed by atoms with Crippen LogP contribution in [0.1, 0.15) is 22.3 Å². The van der Waals surface area contributed by atoms with Gasteiger partial charge in [0, 0.05) is 48.6 Å². The minimum absolute atomic E-state index is 0.00795. The number of nitrogens with one attached hydrogen (secondary N) is 1. The summed E-state index contributed by atoms with van der Waals surface area (Å²) in [7, 11) is 0. The highest BCUT2D eigenvalue weighted by Crippen LogP contribution is 2.53. The molecule has 218 valence electrons. The number of alkyl halides is 6. The lowest BCUT2D eigenvalue weighted by atomic mass is 9.82. The van der Waals surface area contributed by atoms with E-state index in [1.165, 1.54) is 30.5 Å². The predicted octanol–water partition coefficient (Wildman–Crippen LogP) is 5.45. The summed E-state index contributed by atoms with van der Waals surface area (Å²) >= 11 is 0. The Morgan fingerprint density at radius 2 is 1.68 bits per heavy atom. The van der Waals surface area contributed by atoms with E-state index in [-0.39, 0.29) is 17.5 Å². The minimum atomic E-state index is -5.19. The molecule has 4 heterocycles. The molecule has 2 fully saturated rings. The van der Waals surface area contributed by atoms with Crippen LogP contribution in [0.25, 0.3) is 10.9 Å². The maximum Gasteiger partial charge on any atom is 0.566 e. The number of aromatic nitrogens is 1. The number of quaternary nitrogens is 1. The summed E-state index contributed by atoms with van der Waals surface area (Å²) in [5.74, 6) is -0.942. The number of nitrogens with zero attached hydrogens (tertiary/aromatic N) is 3. The van der Waals surface area contributed by atoms with Gasteiger partial charge in [-0.1, -0.05) is 36.4 Å². The van der Waals surface area contributed by atoms with Gasteiger partial charge in [0.25, 0.3) is 5.91 Å². The van der Waals surface area contributed by atoms with E-state index < -0.39 is 54.0 Å². The number of benzene rings is 2. The molecule has 2 aromatic carbocycles. The Labute approximate surface area is 232 Å². The van der Waals surface area contributed by atoms with Crippen LogP contribution in [0, 0.1) is 0 Å². The van der Waals surface area contributed by atoms with Crippen LogP contribution in [0.15, 0.2) is 72.7 Å². The van der Waals surface area contributed by atoms with Crippen LogP contribution in [0.2, 0.25) is 0 Å². The van der Waals surface area contributed by atoms with Crippen molar-refractivity contribution < 1.29 is 40.4 Å². The third-order valence-electron chi connectivity index (χ3n) is 8.75. The molecule has 1 amide bonds. The summed E-state index contributed by atoms with van der Waals surface area (Å²) < 4.78 is 95.6. The molecule has 1 unspecified atom stereocenters. The van der Waals surface area contributed by atoms with E-state index in [0.717, 1.165) is 6.20 Å². The molecular weight excluding hydrogens is 550 g/mol. The summed E-state index contributed by atoms with van der Waals surface area (Å²) in [5.41, 5.74) is -2.06. The van der Waals surface area contributed by atoms with Gasteiger partial charge in [-0.25, -0.2) is 0 Å². The number of fused-ring (bicyclic) bond motifs is 2. The van der Waals surface area contributed by atoms with Crippen molar-refractivity contribution in [2.75, 3.05) is 39.4 Å². The van der Waals surface area contributed by atoms with Gasteiger partial charge in [-0.05, 0) is 23.8 Å². The number of ether oxygens (including phenoxy) is 1. The predicted molar refractivity (Wildman–Crippen MR) is 138 cm³/mol. The number of carbonyl (C=O) groups excluding carboxylic acids is 1. The van der Waals surface area contributed by atoms with Crippen molar-refractivity contribution in [2.45, 2.75) is 36.9 Å². The molecule has 12 heteroatoms. The molecule has 0 radical (unpaired) electrons. The number of amides is 1. The van der Waals surface area contributed by atoms with E-state index in [4.69, 9.17) is 4.74 Å². The quantitative estimate of drug-likeness (QED) is 0.254. The van der Waals surface area contributed by atoms with Crippen LogP contribution in [-0.4, -0.2) is 88.6 Å². The SMILES string of the molecule is O=C(c1ccccc1)N1C[C@@H]2CC(N3CCOCC3)=C[N+]2(C(F)(F)F)C[C@]1(Cc1c[nH]c2ccccc12)C(F)(F)F. The highest BCUT2D eigenvalue weighted by atomic mass is 19.4. The lowest BCUT2D eigenvalue weighted by Gasteiger charge is -2.55. The standard InChI is InChI=1S/C29H29F6N4O2/c30-28(31,32)27(15-21-16-36-25-9-5-4-8-24(21)25)19-39(29(33,34)35)18-22(37-10-12-41-13-11-37)14-23(39)17-38(27)26(40)20-6-2-1-3-7-20/h1-9,16,18,23,36H,10-15,17,19H2/q+1/t23-,27+,39?/m0/s1.